The number of ether oxygens (including phenoxy) is 4. The fourth-order valence-corrected chi connectivity index (χ4v) is 3.82. The molecule has 0 saturated heterocycles. The van der Waals surface area contributed by atoms with Crippen LogP contribution >= 0.6 is 0 Å². The zero-order chi connectivity index (χ0) is 25.4. The second-order valence-electron chi connectivity index (χ2n) is 7.87. The monoisotopic (exact) mass is 487 g/mol. The van der Waals surface area contributed by atoms with Gasteiger partial charge < -0.3 is 23.8 Å². The first-order valence-electron chi connectivity index (χ1n) is 11.0. The summed E-state index contributed by atoms with van der Waals surface area (Å²) in [5.74, 6) is 0.0134. The van der Waals surface area contributed by atoms with Crippen molar-refractivity contribution in [2.75, 3.05) is 54.7 Å². The zero-order valence-corrected chi connectivity index (χ0v) is 20.3. The number of carbonyl (C=O) groups is 2. The first-order valence-corrected chi connectivity index (χ1v) is 11.0. The van der Waals surface area contributed by atoms with Crippen LogP contribution in [0.15, 0.2) is 47.6 Å². The van der Waals surface area contributed by atoms with Crippen molar-refractivity contribution in [1.29, 1.82) is 0 Å². The van der Waals surface area contributed by atoms with Crippen molar-refractivity contribution in [3.8, 4) is 11.5 Å². The fourth-order valence-electron chi connectivity index (χ4n) is 3.82. The summed E-state index contributed by atoms with van der Waals surface area (Å²) in [5.41, 5.74) is 2.12. The highest BCUT2D eigenvalue weighted by Gasteiger charge is 2.35. The fraction of sp³-hybridized carbons (Fsp3) is 0.400. The lowest BCUT2D eigenvalue weighted by Gasteiger charge is -2.27. The molecule has 1 atom stereocenters. The first-order chi connectivity index (χ1) is 16.9. The van der Waals surface area contributed by atoms with Gasteiger partial charge in [0.1, 0.15) is 19.0 Å². The molecule has 9 nitrogen and oxygen atoms in total. The summed E-state index contributed by atoms with van der Waals surface area (Å²) in [7, 11) is 6.02. The van der Waals surface area contributed by atoms with Crippen molar-refractivity contribution in [1.82, 2.24) is 9.91 Å². The summed E-state index contributed by atoms with van der Waals surface area (Å²) >= 11 is 0. The van der Waals surface area contributed by atoms with Gasteiger partial charge in [-0.1, -0.05) is 18.2 Å². The van der Waals surface area contributed by atoms with Crippen molar-refractivity contribution in [2.45, 2.75) is 12.5 Å². The number of rotatable bonds is 11. The molecule has 1 heterocycles. The lowest BCUT2D eigenvalue weighted by Crippen LogP contribution is -2.44. The van der Waals surface area contributed by atoms with E-state index in [-0.39, 0.29) is 43.9 Å². The van der Waals surface area contributed by atoms with Gasteiger partial charge in [0.2, 0.25) is 5.91 Å². The molecule has 0 bridgehead atoms. The molecule has 1 aliphatic heterocycles. The van der Waals surface area contributed by atoms with Gasteiger partial charge >= 0.3 is 0 Å². The number of benzene rings is 2. The lowest BCUT2D eigenvalue weighted by molar-refractivity contribution is -0.144. The van der Waals surface area contributed by atoms with E-state index in [0.29, 0.717) is 29.2 Å². The molecule has 0 radical (unpaired) electrons. The number of hydrogen-bond acceptors (Lipinski definition) is 7. The molecular weight excluding hydrogens is 457 g/mol. The van der Waals surface area contributed by atoms with Crippen LogP contribution in [0.2, 0.25) is 0 Å². The van der Waals surface area contributed by atoms with E-state index in [4.69, 9.17) is 18.9 Å². The van der Waals surface area contributed by atoms with Crippen LogP contribution in [0.25, 0.3) is 0 Å². The maximum Gasteiger partial charge on any atom is 0.262 e. The topological polar surface area (TPSA) is 89.9 Å². The molecule has 1 unspecified atom stereocenters. The third-order valence-electron chi connectivity index (χ3n) is 5.65. The molecule has 2 aromatic carbocycles. The maximum atomic E-state index is 13.5. The number of carbonyl (C=O) groups excluding carboxylic acids is 2. The van der Waals surface area contributed by atoms with E-state index in [1.54, 1.807) is 31.4 Å². The van der Waals surface area contributed by atoms with Gasteiger partial charge in [-0.05, 0) is 35.4 Å². The average Bonchev–Trinajstić information content (AvgIpc) is 3.32. The Morgan fingerprint density at radius 1 is 1.03 bits per heavy atom. The second-order valence-corrected chi connectivity index (χ2v) is 7.87. The van der Waals surface area contributed by atoms with Gasteiger partial charge in [0.15, 0.2) is 11.5 Å². The number of methoxy groups -OCH3 is 4. The van der Waals surface area contributed by atoms with Gasteiger partial charge in [-0.2, -0.15) is 5.10 Å². The third kappa shape index (κ3) is 6.34. The molecule has 2 aromatic rings. The Morgan fingerprint density at radius 3 is 2.37 bits per heavy atom. The molecule has 10 heteroatoms. The van der Waals surface area contributed by atoms with Gasteiger partial charge in [-0.3, -0.25) is 9.59 Å². The Morgan fingerprint density at radius 2 is 1.74 bits per heavy atom. The van der Waals surface area contributed by atoms with Crippen LogP contribution in [0.5, 0.6) is 11.5 Å². The average molecular weight is 488 g/mol. The minimum absolute atomic E-state index is 0.153. The van der Waals surface area contributed by atoms with Gasteiger partial charge in [-0.25, -0.2) is 9.40 Å². The van der Waals surface area contributed by atoms with Crippen LogP contribution in [0, 0.1) is 5.82 Å². The van der Waals surface area contributed by atoms with Crippen LogP contribution in [0.4, 0.5) is 4.39 Å². The number of hydrogen-bond donors (Lipinski definition) is 0. The number of hydrazone groups is 1. The molecule has 0 aliphatic carbocycles. The Hall–Kier alpha value is -3.50. The van der Waals surface area contributed by atoms with Crippen LogP contribution in [-0.4, -0.2) is 82.2 Å². The highest BCUT2D eigenvalue weighted by Crippen LogP contribution is 2.37. The summed E-state index contributed by atoms with van der Waals surface area (Å²) in [6.45, 7) is 0.148. The quantitative estimate of drug-likeness (QED) is 0.484. The molecule has 0 N–H and O–H groups in total. The molecule has 35 heavy (non-hydrogen) atoms. The zero-order valence-electron chi connectivity index (χ0n) is 20.3. The molecule has 188 valence electrons. The van der Waals surface area contributed by atoms with E-state index in [1.165, 1.54) is 43.4 Å². The largest absolute Gasteiger partial charge is 0.493 e. The molecule has 1 aliphatic rings. The Bertz CT molecular complexity index is 1060. The minimum Gasteiger partial charge on any atom is -0.493 e. The summed E-state index contributed by atoms with van der Waals surface area (Å²) < 4.78 is 34.3. The maximum absolute atomic E-state index is 13.5. The summed E-state index contributed by atoms with van der Waals surface area (Å²) in [6.07, 6.45) is 0.400. The van der Waals surface area contributed by atoms with Crippen LogP contribution in [0.1, 0.15) is 23.6 Å². The molecule has 0 fully saturated rings. The second kappa shape index (κ2) is 12.3. The van der Waals surface area contributed by atoms with Crippen molar-refractivity contribution in [2.24, 2.45) is 5.10 Å². The molecule has 0 aromatic heterocycles. The molecule has 0 saturated carbocycles. The van der Waals surface area contributed by atoms with E-state index in [1.807, 2.05) is 6.07 Å². The molecule has 0 spiro atoms. The normalized spacial score (nSPS) is 15.1. The summed E-state index contributed by atoms with van der Waals surface area (Å²) in [4.78, 5) is 27.3. The predicted octanol–water partition coefficient (Wildman–Crippen LogP) is 2.64. The van der Waals surface area contributed by atoms with E-state index in [9.17, 15) is 14.0 Å². The van der Waals surface area contributed by atoms with Gasteiger partial charge in [-0.15, -0.1) is 0 Å². The van der Waals surface area contributed by atoms with Crippen LogP contribution in [-0.2, 0) is 19.1 Å². The van der Waals surface area contributed by atoms with Crippen molar-refractivity contribution >= 4 is 17.5 Å². The Labute approximate surface area is 204 Å². The van der Waals surface area contributed by atoms with E-state index in [2.05, 4.69) is 5.10 Å². The highest BCUT2D eigenvalue weighted by molar-refractivity contribution is 6.03. The van der Waals surface area contributed by atoms with Crippen molar-refractivity contribution in [3.05, 3.63) is 59.4 Å². The van der Waals surface area contributed by atoms with E-state index >= 15 is 0 Å². The SMILES string of the molecule is COCCN(CC(=O)N1N=C(c2ccc(F)cc2)CC1c1ccc(OC)c(OC)c1)C(=O)COC. The first kappa shape index (κ1) is 26.1. The summed E-state index contributed by atoms with van der Waals surface area (Å²) in [6, 6.07) is 10.9. The van der Waals surface area contributed by atoms with Crippen LogP contribution in [0.3, 0.4) is 0 Å². The molecule has 2 amide bonds. The van der Waals surface area contributed by atoms with Gasteiger partial charge in [0.05, 0.1) is 32.6 Å². The minimum atomic E-state index is -0.454. The van der Waals surface area contributed by atoms with E-state index in [0.717, 1.165) is 5.56 Å². The lowest BCUT2D eigenvalue weighted by atomic mass is 9.98. The van der Waals surface area contributed by atoms with Crippen LogP contribution < -0.4 is 9.47 Å². The number of amides is 2. The predicted molar refractivity (Wildman–Crippen MR) is 127 cm³/mol. The van der Waals surface area contributed by atoms with Gasteiger partial charge in [0.25, 0.3) is 5.91 Å². The third-order valence-corrected chi connectivity index (χ3v) is 5.65. The van der Waals surface area contributed by atoms with Crippen molar-refractivity contribution in [3.63, 3.8) is 0 Å². The smallest absolute Gasteiger partial charge is 0.262 e. The molecule has 3 rings (SSSR count). The number of nitrogens with zero attached hydrogens (tertiary/aromatic N) is 3. The van der Waals surface area contributed by atoms with E-state index < -0.39 is 6.04 Å². The highest BCUT2D eigenvalue weighted by atomic mass is 19.1. The standard InChI is InChI=1S/C25H30FN3O6/c1-32-12-11-28(25(31)16-33-2)15-24(30)29-21(18-7-10-22(34-3)23(13-18)35-4)14-20(27-29)17-5-8-19(26)9-6-17/h5-10,13,21H,11-12,14-16H2,1-4H3. The number of halogens is 1. The molecular formula is C25H30FN3O6. The Kier molecular flexibility index (Phi) is 9.16. The Balaban J connectivity index is 1.94. The summed E-state index contributed by atoms with van der Waals surface area (Å²) in [5, 5.41) is 5.96. The van der Waals surface area contributed by atoms with Gasteiger partial charge in [0, 0.05) is 27.2 Å². The van der Waals surface area contributed by atoms with Crippen molar-refractivity contribution < 1.29 is 32.9 Å².